The van der Waals surface area contributed by atoms with Gasteiger partial charge in [-0.15, -0.1) is 0 Å². The third-order valence-electron chi connectivity index (χ3n) is 5.29. The number of carbonyl (C=O) groups is 1. The molecule has 1 aromatic heterocycles. The summed E-state index contributed by atoms with van der Waals surface area (Å²) in [6.07, 6.45) is 5.58. The van der Waals surface area contributed by atoms with Crippen molar-refractivity contribution in [1.29, 1.82) is 0 Å². The molecular formula is C20H23ClN4O. The Morgan fingerprint density at radius 1 is 1.12 bits per heavy atom. The van der Waals surface area contributed by atoms with Crippen LogP contribution >= 0.6 is 11.6 Å². The van der Waals surface area contributed by atoms with Crippen molar-refractivity contribution >= 4 is 23.4 Å². The first-order chi connectivity index (χ1) is 12.7. The molecule has 1 aromatic carbocycles. The predicted octanol–water partition coefficient (Wildman–Crippen LogP) is 3.69. The molecule has 6 heteroatoms. The summed E-state index contributed by atoms with van der Waals surface area (Å²) in [6, 6.07) is 12.1. The van der Waals surface area contributed by atoms with Gasteiger partial charge in [-0.2, -0.15) is 0 Å². The van der Waals surface area contributed by atoms with E-state index in [0.717, 1.165) is 49.6 Å². The molecule has 1 atom stereocenters. The molecule has 1 fully saturated rings. The van der Waals surface area contributed by atoms with Gasteiger partial charge < -0.3 is 15.5 Å². The van der Waals surface area contributed by atoms with Gasteiger partial charge >= 0.3 is 6.03 Å². The number of aromatic nitrogens is 1. The Morgan fingerprint density at radius 2 is 1.96 bits per heavy atom. The molecule has 26 heavy (non-hydrogen) atoms. The van der Waals surface area contributed by atoms with Crippen molar-refractivity contribution in [2.45, 2.75) is 37.8 Å². The van der Waals surface area contributed by atoms with Crippen LogP contribution in [0.1, 0.15) is 36.4 Å². The Bertz CT molecular complexity index is 775. The maximum absolute atomic E-state index is 12.4. The summed E-state index contributed by atoms with van der Waals surface area (Å²) in [5.41, 5.74) is 2.43. The van der Waals surface area contributed by atoms with E-state index in [1.165, 1.54) is 11.1 Å². The molecule has 0 radical (unpaired) electrons. The Labute approximate surface area is 158 Å². The van der Waals surface area contributed by atoms with Crippen molar-refractivity contribution in [1.82, 2.24) is 15.6 Å². The number of nitrogens with one attached hydrogen (secondary N) is 2. The number of amides is 2. The fourth-order valence-electron chi connectivity index (χ4n) is 3.92. The number of piperidine rings is 1. The summed E-state index contributed by atoms with van der Waals surface area (Å²) in [7, 11) is 0. The van der Waals surface area contributed by atoms with Gasteiger partial charge in [0.2, 0.25) is 0 Å². The average Bonchev–Trinajstić information content (AvgIpc) is 3.04. The zero-order valence-corrected chi connectivity index (χ0v) is 15.4. The molecule has 0 spiro atoms. The van der Waals surface area contributed by atoms with Gasteiger partial charge in [0, 0.05) is 30.4 Å². The van der Waals surface area contributed by atoms with E-state index >= 15 is 0 Å². The minimum absolute atomic E-state index is 0.0749. The van der Waals surface area contributed by atoms with Crippen LogP contribution in [0.25, 0.3) is 0 Å². The highest BCUT2D eigenvalue weighted by molar-refractivity contribution is 6.30. The van der Waals surface area contributed by atoms with Crippen molar-refractivity contribution < 1.29 is 4.79 Å². The minimum atomic E-state index is -0.0749. The Hall–Kier alpha value is -2.27. The number of hydrogen-bond acceptors (Lipinski definition) is 3. The first-order valence-electron chi connectivity index (χ1n) is 9.20. The summed E-state index contributed by atoms with van der Waals surface area (Å²) >= 11 is 6.05. The van der Waals surface area contributed by atoms with Gasteiger partial charge in [0.25, 0.3) is 0 Å². The van der Waals surface area contributed by atoms with Crippen molar-refractivity contribution in [3.63, 3.8) is 0 Å². The molecule has 2 amide bonds. The van der Waals surface area contributed by atoms with Crippen LogP contribution in [0.3, 0.4) is 0 Å². The van der Waals surface area contributed by atoms with E-state index in [0.29, 0.717) is 0 Å². The molecule has 5 nitrogen and oxygen atoms in total. The number of fused-ring (bicyclic) bond motifs is 1. The van der Waals surface area contributed by atoms with E-state index in [1.807, 2.05) is 42.6 Å². The summed E-state index contributed by atoms with van der Waals surface area (Å²) in [5.74, 6) is 1.01. The first kappa shape index (κ1) is 17.2. The number of hydrogen-bond donors (Lipinski definition) is 2. The van der Waals surface area contributed by atoms with E-state index in [4.69, 9.17) is 11.6 Å². The molecule has 2 heterocycles. The highest BCUT2D eigenvalue weighted by atomic mass is 35.5. The lowest BCUT2D eigenvalue weighted by Crippen LogP contribution is -2.48. The molecule has 0 bridgehead atoms. The maximum Gasteiger partial charge on any atom is 0.315 e. The molecule has 2 aliphatic rings. The molecule has 0 saturated carbocycles. The summed E-state index contributed by atoms with van der Waals surface area (Å²) < 4.78 is 0. The van der Waals surface area contributed by atoms with Gasteiger partial charge in [-0.1, -0.05) is 23.7 Å². The highest BCUT2D eigenvalue weighted by Gasteiger charge is 2.26. The number of nitrogens with zero attached hydrogens (tertiary/aromatic N) is 2. The van der Waals surface area contributed by atoms with Crippen molar-refractivity contribution in [3.05, 3.63) is 58.7 Å². The van der Waals surface area contributed by atoms with E-state index < -0.39 is 0 Å². The smallest absolute Gasteiger partial charge is 0.315 e. The average molecular weight is 371 g/mol. The standard InChI is InChI=1S/C20H23ClN4O/c21-15-5-6-17-14(13-15)4-7-18(17)24-20(26)23-16-8-11-25(12-9-16)19-3-1-2-10-22-19/h1-3,5-6,10,13,16,18H,4,7-9,11-12H2,(H2,23,24,26)/t18-/m1/s1. The second-order valence-electron chi connectivity index (χ2n) is 7.00. The van der Waals surface area contributed by atoms with Crippen LogP contribution in [0.5, 0.6) is 0 Å². The second-order valence-corrected chi connectivity index (χ2v) is 7.44. The minimum Gasteiger partial charge on any atom is -0.356 e. The van der Waals surface area contributed by atoms with Gasteiger partial charge in [-0.05, 0) is 61.1 Å². The van der Waals surface area contributed by atoms with E-state index in [1.54, 1.807) is 0 Å². The largest absolute Gasteiger partial charge is 0.356 e. The number of anilines is 1. The number of rotatable bonds is 3. The molecule has 2 N–H and O–H groups in total. The van der Waals surface area contributed by atoms with Gasteiger partial charge in [0.05, 0.1) is 6.04 Å². The molecule has 0 unspecified atom stereocenters. The molecule has 2 aromatic rings. The van der Waals surface area contributed by atoms with Crippen LogP contribution in [-0.2, 0) is 6.42 Å². The SMILES string of the molecule is O=C(NC1CCN(c2ccccn2)CC1)N[C@@H]1CCc2cc(Cl)ccc21. The number of halogens is 1. The molecule has 136 valence electrons. The van der Waals surface area contributed by atoms with Crippen LogP contribution in [0.15, 0.2) is 42.6 Å². The Balaban J connectivity index is 1.28. The third kappa shape index (κ3) is 3.78. The van der Waals surface area contributed by atoms with Crippen molar-refractivity contribution in [2.24, 2.45) is 0 Å². The lowest BCUT2D eigenvalue weighted by atomic mass is 10.1. The zero-order chi connectivity index (χ0) is 17.9. The van der Waals surface area contributed by atoms with Gasteiger partial charge in [0.15, 0.2) is 0 Å². The highest BCUT2D eigenvalue weighted by Crippen LogP contribution is 2.32. The van der Waals surface area contributed by atoms with Crippen LogP contribution in [0.4, 0.5) is 10.6 Å². The predicted molar refractivity (Wildman–Crippen MR) is 104 cm³/mol. The quantitative estimate of drug-likeness (QED) is 0.866. The number of carbonyl (C=O) groups excluding carboxylic acids is 1. The fraction of sp³-hybridized carbons (Fsp3) is 0.400. The number of urea groups is 1. The zero-order valence-electron chi connectivity index (χ0n) is 14.6. The third-order valence-corrected chi connectivity index (χ3v) is 5.53. The topological polar surface area (TPSA) is 57.3 Å². The van der Waals surface area contributed by atoms with Crippen LogP contribution in [-0.4, -0.2) is 30.1 Å². The molecule has 4 rings (SSSR count). The van der Waals surface area contributed by atoms with Crippen LogP contribution in [0, 0.1) is 0 Å². The van der Waals surface area contributed by atoms with Gasteiger partial charge in [0.1, 0.15) is 5.82 Å². The second kappa shape index (κ2) is 7.54. The molecule has 1 saturated heterocycles. The van der Waals surface area contributed by atoms with Crippen molar-refractivity contribution in [2.75, 3.05) is 18.0 Å². The fourth-order valence-corrected chi connectivity index (χ4v) is 4.11. The summed E-state index contributed by atoms with van der Waals surface area (Å²) in [5, 5.41) is 7.02. The molecular weight excluding hydrogens is 348 g/mol. The monoisotopic (exact) mass is 370 g/mol. The summed E-state index contributed by atoms with van der Waals surface area (Å²) in [6.45, 7) is 1.82. The molecule has 1 aliphatic heterocycles. The Kier molecular flexibility index (Phi) is 4.98. The maximum atomic E-state index is 12.4. The van der Waals surface area contributed by atoms with E-state index in [-0.39, 0.29) is 18.1 Å². The van der Waals surface area contributed by atoms with Gasteiger partial charge in [-0.3, -0.25) is 0 Å². The van der Waals surface area contributed by atoms with Crippen LogP contribution in [0.2, 0.25) is 5.02 Å². The number of aryl methyl sites for hydroxylation is 1. The summed E-state index contributed by atoms with van der Waals surface area (Å²) in [4.78, 5) is 19.1. The van der Waals surface area contributed by atoms with Crippen molar-refractivity contribution in [3.8, 4) is 0 Å². The van der Waals surface area contributed by atoms with E-state index in [2.05, 4.69) is 20.5 Å². The number of benzene rings is 1. The normalized spacial score (nSPS) is 19.9. The first-order valence-corrected chi connectivity index (χ1v) is 9.58. The lowest BCUT2D eigenvalue weighted by Gasteiger charge is -2.33. The molecule has 1 aliphatic carbocycles. The Morgan fingerprint density at radius 3 is 2.73 bits per heavy atom. The lowest BCUT2D eigenvalue weighted by molar-refractivity contribution is 0.230. The van der Waals surface area contributed by atoms with E-state index in [9.17, 15) is 4.79 Å². The van der Waals surface area contributed by atoms with Crippen LogP contribution < -0.4 is 15.5 Å². The van der Waals surface area contributed by atoms with Gasteiger partial charge in [-0.25, -0.2) is 9.78 Å². The number of pyridine rings is 1.